The Morgan fingerprint density at radius 3 is 3.18 bits per heavy atom. The van der Waals surface area contributed by atoms with Gasteiger partial charge in [-0.3, -0.25) is 4.99 Å². The molecule has 1 unspecified atom stereocenters. The summed E-state index contributed by atoms with van der Waals surface area (Å²) in [5, 5.41) is 16.8. The molecule has 0 radical (unpaired) electrons. The van der Waals surface area contributed by atoms with Gasteiger partial charge >= 0.3 is 0 Å². The molecule has 0 saturated carbocycles. The van der Waals surface area contributed by atoms with Crippen LogP contribution in [0.3, 0.4) is 0 Å². The van der Waals surface area contributed by atoms with Crippen molar-refractivity contribution >= 4 is 5.96 Å². The van der Waals surface area contributed by atoms with E-state index in [9.17, 15) is 0 Å². The van der Waals surface area contributed by atoms with Gasteiger partial charge in [-0.15, -0.1) is 11.7 Å². The highest BCUT2D eigenvalue weighted by Gasteiger charge is 2.28. The number of aromatic nitrogens is 3. The minimum absolute atomic E-state index is 0.0143. The number of nitrogens with two attached hydrogens (primary N) is 1. The molecule has 2 heterocycles. The molecule has 0 fully saturated rings. The number of aliphatic hydroxyl groups is 1. The molecule has 1 aromatic rings. The molecule has 17 heavy (non-hydrogen) atoms. The van der Waals surface area contributed by atoms with Crippen molar-refractivity contribution in [3.05, 3.63) is 24.5 Å². The van der Waals surface area contributed by atoms with Crippen LogP contribution in [-0.4, -0.2) is 50.7 Å². The number of hydrogen-bond donors (Lipinski definition) is 2. The standard InChI is InChI=1S/C10H16N6O/c1-2-3-16-9(6-12-10(16)11)8-7-15(4-5-17)14-13-8/h2,7,9,17H,1,3-6H2,(H2,11,12). The van der Waals surface area contributed by atoms with Gasteiger partial charge < -0.3 is 15.7 Å². The summed E-state index contributed by atoms with van der Waals surface area (Å²) in [6, 6.07) is 0.0143. The summed E-state index contributed by atoms with van der Waals surface area (Å²) in [5.41, 5.74) is 6.60. The van der Waals surface area contributed by atoms with Crippen molar-refractivity contribution < 1.29 is 5.11 Å². The van der Waals surface area contributed by atoms with Gasteiger partial charge in [0.2, 0.25) is 0 Å². The van der Waals surface area contributed by atoms with Gasteiger partial charge in [0, 0.05) is 6.54 Å². The van der Waals surface area contributed by atoms with E-state index in [0.717, 1.165) is 5.69 Å². The molecule has 1 aliphatic heterocycles. The number of hydrogen-bond acceptors (Lipinski definition) is 6. The molecule has 1 aliphatic rings. The van der Waals surface area contributed by atoms with E-state index in [1.165, 1.54) is 0 Å². The molecule has 0 spiro atoms. The molecule has 92 valence electrons. The smallest absolute Gasteiger partial charge is 0.192 e. The van der Waals surface area contributed by atoms with Crippen LogP contribution in [0.25, 0.3) is 0 Å². The summed E-state index contributed by atoms with van der Waals surface area (Å²) < 4.78 is 1.61. The monoisotopic (exact) mass is 236 g/mol. The maximum Gasteiger partial charge on any atom is 0.192 e. The Morgan fingerprint density at radius 2 is 2.47 bits per heavy atom. The highest BCUT2D eigenvalue weighted by molar-refractivity contribution is 5.80. The zero-order valence-electron chi connectivity index (χ0n) is 9.53. The third-order valence-corrected chi connectivity index (χ3v) is 2.65. The van der Waals surface area contributed by atoms with Crippen LogP contribution >= 0.6 is 0 Å². The second-order valence-electron chi connectivity index (χ2n) is 3.79. The number of nitrogens with zero attached hydrogens (tertiary/aromatic N) is 5. The zero-order valence-corrected chi connectivity index (χ0v) is 9.53. The number of aliphatic imine (C=N–C) groups is 1. The predicted octanol–water partition coefficient (Wildman–Crippen LogP) is -0.872. The lowest BCUT2D eigenvalue weighted by atomic mass is 10.2. The van der Waals surface area contributed by atoms with Gasteiger partial charge in [-0.2, -0.15) is 0 Å². The Hall–Kier alpha value is -1.89. The number of guanidine groups is 1. The summed E-state index contributed by atoms with van der Waals surface area (Å²) >= 11 is 0. The van der Waals surface area contributed by atoms with Gasteiger partial charge in [0.15, 0.2) is 5.96 Å². The van der Waals surface area contributed by atoms with Crippen LogP contribution in [-0.2, 0) is 6.54 Å². The molecule has 0 aromatic carbocycles. The van der Waals surface area contributed by atoms with Gasteiger partial charge in [-0.25, -0.2) is 4.68 Å². The maximum absolute atomic E-state index is 8.82. The zero-order chi connectivity index (χ0) is 12.3. The fraction of sp³-hybridized carbons (Fsp3) is 0.500. The van der Waals surface area contributed by atoms with Crippen molar-refractivity contribution in [1.82, 2.24) is 19.9 Å². The van der Waals surface area contributed by atoms with Crippen LogP contribution in [0.5, 0.6) is 0 Å². The van der Waals surface area contributed by atoms with E-state index in [4.69, 9.17) is 10.8 Å². The average molecular weight is 236 g/mol. The van der Waals surface area contributed by atoms with Crippen molar-refractivity contribution in [3.8, 4) is 0 Å². The van der Waals surface area contributed by atoms with Gasteiger partial charge in [-0.05, 0) is 0 Å². The Balaban J connectivity index is 2.13. The van der Waals surface area contributed by atoms with Crippen LogP contribution in [0.2, 0.25) is 0 Å². The van der Waals surface area contributed by atoms with E-state index >= 15 is 0 Å². The first-order valence-corrected chi connectivity index (χ1v) is 5.44. The topological polar surface area (TPSA) is 92.6 Å². The first kappa shape index (κ1) is 11.6. The van der Waals surface area contributed by atoms with Crippen molar-refractivity contribution in [3.63, 3.8) is 0 Å². The highest BCUT2D eigenvalue weighted by atomic mass is 16.3. The second-order valence-corrected chi connectivity index (χ2v) is 3.79. The average Bonchev–Trinajstić information content (AvgIpc) is 2.89. The van der Waals surface area contributed by atoms with Crippen LogP contribution in [0, 0.1) is 0 Å². The second kappa shape index (κ2) is 4.96. The molecule has 3 N–H and O–H groups in total. The summed E-state index contributed by atoms with van der Waals surface area (Å²) in [7, 11) is 0. The van der Waals surface area contributed by atoms with E-state index in [2.05, 4.69) is 21.9 Å². The minimum Gasteiger partial charge on any atom is -0.394 e. The first-order valence-electron chi connectivity index (χ1n) is 5.44. The van der Waals surface area contributed by atoms with Gasteiger partial charge in [0.1, 0.15) is 5.69 Å². The van der Waals surface area contributed by atoms with Crippen molar-refractivity contribution in [1.29, 1.82) is 0 Å². The molecular weight excluding hydrogens is 220 g/mol. The highest BCUT2D eigenvalue weighted by Crippen LogP contribution is 2.23. The third-order valence-electron chi connectivity index (χ3n) is 2.65. The normalized spacial score (nSPS) is 19.5. The summed E-state index contributed by atoms with van der Waals surface area (Å²) in [5.74, 6) is 0.506. The Kier molecular flexibility index (Phi) is 3.38. The lowest BCUT2D eigenvalue weighted by molar-refractivity contribution is 0.268. The summed E-state index contributed by atoms with van der Waals surface area (Å²) in [4.78, 5) is 6.13. The molecule has 7 nitrogen and oxygen atoms in total. The molecule has 0 aliphatic carbocycles. The van der Waals surface area contributed by atoms with Gasteiger partial charge in [-0.1, -0.05) is 11.3 Å². The van der Waals surface area contributed by atoms with E-state index in [0.29, 0.717) is 25.6 Å². The third kappa shape index (κ3) is 2.28. The lowest BCUT2D eigenvalue weighted by Gasteiger charge is -2.22. The maximum atomic E-state index is 8.82. The molecule has 1 aromatic heterocycles. The SMILES string of the molecule is C=CCN1C(N)=NCC1c1cn(CCO)nn1. The van der Waals surface area contributed by atoms with Gasteiger partial charge in [0.05, 0.1) is 31.9 Å². The molecule has 1 atom stereocenters. The van der Waals surface area contributed by atoms with Crippen molar-refractivity contribution in [2.24, 2.45) is 10.7 Å². The van der Waals surface area contributed by atoms with E-state index in [1.54, 1.807) is 10.8 Å². The largest absolute Gasteiger partial charge is 0.394 e. The summed E-state index contributed by atoms with van der Waals surface area (Å²) in [6.07, 6.45) is 3.59. The minimum atomic E-state index is 0.0143. The fourth-order valence-corrected chi connectivity index (χ4v) is 1.82. The Bertz CT molecular complexity index is 426. The van der Waals surface area contributed by atoms with Crippen molar-refractivity contribution in [2.45, 2.75) is 12.6 Å². The van der Waals surface area contributed by atoms with Gasteiger partial charge in [0.25, 0.3) is 0 Å². The Labute approximate surface area is 99.2 Å². The number of aliphatic hydroxyl groups excluding tert-OH is 1. The molecule has 0 saturated heterocycles. The van der Waals surface area contributed by atoms with Crippen LogP contribution in [0.4, 0.5) is 0 Å². The van der Waals surface area contributed by atoms with E-state index in [-0.39, 0.29) is 12.6 Å². The van der Waals surface area contributed by atoms with Crippen LogP contribution in [0.15, 0.2) is 23.8 Å². The quantitative estimate of drug-likeness (QED) is 0.648. The first-order chi connectivity index (χ1) is 8.26. The molecule has 2 rings (SSSR count). The predicted molar refractivity (Wildman–Crippen MR) is 63.2 cm³/mol. The molecular formula is C10H16N6O. The van der Waals surface area contributed by atoms with Crippen LogP contribution < -0.4 is 5.73 Å². The van der Waals surface area contributed by atoms with E-state index < -0.39 is 0 Å². The number of rotatable bonds is 5. The molecule has 0 amide bonds. The fourth-order valence-electron chi connectivity index (χ4n) is 1.82. The van der Waals surface area contributed by atoms with E-state index in [1.807, 2.05) is 11.1 Å². The molecule has 7 heteroatoms. The Morgan fingerprint density at radius 1 is 1.65 bits per heavy atom. The van der Waals surface area contributed by atoms with Crippen LogP contribution in [0.1, 0.15) is 11.7 Å². The molecule has 0 bridgehead atoms. The lowest BCUT2D eigenvalue weighted by Crippen LogP contribution is -2.36. The summed E-state index contributed by atoms with van der Waals surface area (Å²) in [6.45, 7) is 5.39. The van der Waals surface area contributed by atoms with Crippen molar-refractivity contribution in [2.75, 3.05) is 19.7 Å².